The number of ketones is 1. The van der Waals surface area contributed by atoms with Crippen LogP contribution in [-0.4, -0.2) is 5.78 Å². The monoisotopic (exact) mass is 180 g/mol. The van der Waals surface area contributed by atoms with Crippen molar-refractivity contribution in [2.75, 3.05) is 0 Å². The van der Waals surface area contributed by atoms with Crippen molar-refractivity contribution in [3.8, 4) is 11.8 Å². The summed E-state index contributed by atoms with van der Waals surface area (Å²) in [5, 5.41) is 0. The average molecular weight is 180 g/mol. The minimum Gasteiger partial charge on any atom is -0.279 e. The molecule has 0 aliphatic carbocycles. The Kier molecular flexibility index (Phi) is 2.76. The molecule has 0 unspecified atom stereocenters. The standard InChI is InChI=1S/C10H6F2O/c1-2-4-9(13)7-5-3-6-8(11)10(7)12/h3,5-6H,1H3. The summed E-state index contributed by atoms with van der Waals surface area (Å²) in [5.41, 5.74) is -0.325. The third kappa shape index (κ3) is 1.91. The fourth-order valence-electron chi connectivity index (χ4n) is 0.860. The van der Waals surface area contributed by atoms with Crippen LogP contribution in [0.4, 0.5) is 8.78 Å². The summed E-state index contributed by atoms with van der Waals surface area (Å²) < 4.78 is 25.5. The minimum atomic E-state index is -1.14. The van der Waals surface area contributed by atoms with Crippen molar-refractivity contribution in [1.29, 1.82) is 0 Å². The molecule has 0 aliphatic heterocycles. The second-order valence-corrected chi connectivity index (χ2v) is 2.31. The van der Waals surface area contributed by atoms with Crippen LogP contribution in [0.5, 0.6) is 0 Å². The van der Waals surface area contributed by atoms with Crippen LogP contribution in [-0.2, 0) is 0 Å². The van der Waals surface area contributed by atoms with Crippen LogP contribution in [0.3, 0.4) is 0 Å². The van der Waals surface area contributed by atoms with E-state index in [1.807, 2.05) is 0 Å². The Balaban J connectivity index is 3.20. The van der Waals surface area contributed by atoms with Gasteiger partial charge in [0, 0.05) is 0 Å². The summed E-state index contributed by atoms with van der Waals surface area (Å²) >= 11 is 0. The number of Topliss-reactive ketones (excluding diaryl/α,β-unsaturated/α-hetero) is 1. The number of hydrogen-bond donors (Lipinski definition) is 0. The molecule has 0 bridgehead atoms. The molecule has 0 N–H and O–H groups in total. The highest BCUT2D eigenvalue weighted by molar-refractivity contribution is 6.09. The van der Waals surface area contributed by atoms with Gasteiger partial charge < -0.3 is 0 Å². The third-order valence-electron chi connectivity index (χ3n) is 1.43. The summed E-state index contributed by atoms with van der Waals surface area (Å²) in [5.74, 6) is 1.57. The molecule has 0 saturated heterocycles. The van der Waals surface area contributed by atoms with Gasteiger partial charge in [0.1, 0.15) is 0 Å². The van der Waals surface area contributed by atoms with E-state index >= 15 is 0 Å². The van der Waals surface area contributed by atoms with Crippen molar-refractivity contribution in [2.24, 2.45) is 0 Å². The maximum atomic E-state index is 12.9. The summed E-state index contributed by atoms with van der Waals surface area (Å²) in [6.45, 7) is 1.45. The van der Waals surface area contributed by atoms with Gasteiger partial charge in [-0.15, -0.1) is 0 Å². The van der Waals surface area contributed by atoms with Crippen LogP contribution >= 0.6 is 0 Å². The second-order valence-electron chi connectivity index (χ2n) is 2.31. The molecule has 0 saturated carbocycles. The Morgan fingerprint density at radius 2 is 2.08 bits per heavy atom. The first-order chi connectivity index (χ1) is 6.16. The van der Waals surface area contributed by atoms with Gasteiger partial charge in [-0.2, -0.15) is 0 Å². The number of carbonyl (C=O) groups is 1. The van der Waals surface area contributed by atoms with Crippen molar-refractivity contribution in [3.05, 3.63) is 35.4 Å². The second kappa shape index (κ2) is 3.81. The first kappa shape index (κ1) is 9.40. The predicted molar refractivity (Wildman–Crippen MR) is 44.1 cm³/mol. The van der Waals surface area contributed by atoms with E-state index in [1.54, 1.807) is 0 Å². The van der Waals surface area contributed by atoms with Gasteiger partial charge in [0.05, 0.1) is 5.56 Å². The van der Waals surface area contributed by atoms with Crippen LogP contribution < -0.4 is 0 Å². The van der Waals surface area contributed by atoms with Crippen LogP contribution in [0.2, 0.25) is 0 Å². The highest BCUT2D eigenvalue weighted by Crippen LogP contribution is 2.11. The molecule has 0 amide bonds. The number of hydrogen-bond acceptors (Lipinski definition) is 1. The highest BCUT2D eigenvalue weighted by Gasteiger charge is 2.12. The first-order valence-corrected chi connectivity index (χ1v) is 3.58. The molecule has 0 aromatic heterocycles. The van der Waals surface area contributed by atoms with Crippen molar-refractivity contribution < 1.29 is 13.6 Å². The van der Waals surface area contributed by atoms with Gasteiger partial charge in [0.25, 0.3) is 0 Å². The Morgan fingerprint density at radius 3 is 2.69 bits per heavy atom. The molecule has 0 fully saturated rings. The maximum absolute atomic E-state index is 12.9. The van der Waals surface area contributed by atoms with Gasteiger partial charge >= 0.3 is 0 Å². The van der Waals surface area contributed by atoms with Gasteiger partial charge in [-0.25, -0.2) is 8.78 Å². The molecule has 1 aromatic rings. The molecule has 1 rings (SSSR count). The predicted octanol–water partition coefficient (Wildman–Crippen LogP) is 2.17. The average Bonchev–Trinajstić information content (AvgIpc) is 2.10. The minimum absolute atomic E-state index is 0.325. The molecule has 3 heteroatoms. The van der Waals surface area contributed by atoms with E-state index in [-0.39, 0.29) is 5.56 Å². The number of rotatable bonds is 1. The fraction of sp³-hybridized carbons (Fsp3) is 0.100. The van der Waals surface area contributed by atoms with E-state index in [0.29, 0.717) is 0 Å². The lowest BCUT2D eigenvalue weighted by molar-refractivity contribution is 0.105. The zero-order valence-corrected chi connectivity index (χ0v) is 6.90. The maximum Gasteiger partial charge on any atom is 0.238 e. The molecule has 1 nitrogen and oxygen atoms in total. The number of halogens is 2. The van der Waals surface area contributed by atoms with Gasteiger partial charge in [-0.3, -0.25) is 4.79 Å². The molecule has 66 valence electrons. The van der Waals surface area contributed by atoms with Crippen molar-refractivity contribution in [3.63, 3.8) is 0 Å². The lowest BCUT2D eigenvalue weighted by Crippen LogP contribution is -2.01. The Bertz CT molecular complexity index is 399. The quantitative estimate of drug-likeness (QED) is 0.367. The van der Waals surface area contributed by atoms with Crippen molar-refractivity contribution >= 4 is 5.78 Å². The number of carbonyl (C=O) groups excluding carboxylic acids is 1. The van der Waals surface area contributed by atoms with E-state index in [1.165, 1.54) is 19.1 Å². The molecular formula is C10H6F2O. The molecule has 0 heterocycles. The zero-order valence-electron chi connectivity index (χ0n) is 6.90. The van der Waals surface area contributed by atoms with Crippen LogP contribution in [0.1, 0.15) is 17.3 Å². The summed E-state index contributed by atoms with van der Waals surface area (Å²) in [6.07, 6.45) is 0. The largest absolute Gasteiger partial charge is 0.279 e. The van der Waals surface area contributed by atoms with Gasteiger partial charge in [-0.1, -0.05) is 12.0 Å². The molecule has 0 aliphatic rings. The van der Waals surface area contributed by atoms with Crippen LogP contribution in [0.25, 0.3) is 0 Å². The molecular weight excluding hydrogens is 174 g/mol. The molecule has 13 heavy (non-hydrogen) atoms. The van der Waals surface area contributed by atoms with E-state index in [0.717, 1.165) is 6.07 Å². The molecule has 0 spiro atoms. The van der Waals surface area contributed by atoms with Gasteiger partial charge in [0.15, 0.2) is 11.6 Å². The van der Waals surface area contributed by atoms with Gasteiger partial charge in [-0.05, 0) is 25.0 Å². The number of benzene rings is 1. The van der Waals surface area contributed by atoms with E-state index < -0.39 is 17.4 Å². The van der Waals surface area contributed by atoms with E-state index in [2.05, 4.69) is 11.8 Å². The lowest BCUT2D eigenvalue weighted by Gasteiger charge is -1.96. The molecule has 0 atom stereocenters. The lowest BCUT2D eigenvalue weighted by atomic mass is 10.1. The van der Waals surface area contributed by atoms with Gasteiger partial charge in [0.2, 0.25) is 5.78 Å². The zero-order chi connectivity index (χ0) is 9.84. The Morgan fingerprint density at radius 1 is 1.38 bits per heavy atom. The Hall–Kier alpha value is -1.69. The smallest absolute Gasteiger partial charge is 0.238 e. The summed E-state index contributed by atoms with van der Waals surface area (Å²) in [4.78, 5) is 11.0. The fourth-order valence-corrected chi connectivity index (χ4v) is 0.860. The van der Waals surface area contributed by atoms with Crippen molar-refractivity contribution in [2.45, 2.75) is 6.92 Å². The van der Waals surface area contributed by atoms with Crippen LogP contribution in [0.15, 0.2) is 18.2 Å². The SMILES string of the molecule is CC#CC(=O)c1cccc(F)c1F. The highest BCUT2D eigenvalue weighted by atomic mass is 19.2. The molecule has 1 aromatic carbocycles. The van der Waals surface area contributed by atoms with Crippen molar-refractivity contribution in [1.82, 2.24) is 0 Å². The summed E-state index contributed by atoms with van der Waals surface area (Å²) in [7, 11) is 0. The normalized spacial score (nSPS) is 8.85. The topological polar surface area (TPSA) is 17.1 Å². The third-order valence-corrected chi connectivity index (χ3v) is 1.43. The molecule has 0 radical (unpaired) electrons. The van der Waals surface area contributed by atoms with E-state index in [9.17, 15) is 13.6 Å². The van der Waals surface area contributed by atoms with E-state index in [4.69, 9.17) is 0 Å². The summed E-state index contributed by atoms with van der Waals surface area (Å²) in [6, 6.07) is 3.42. The Labute approximate surface area is 74.4 Å². The van der Waals surface area contributed by atoms with Crippen LogP contribution in [0, 0.1) is 23.5 Å². The first-order valence-electron chi connectivity index (χ1n) is 3.58.